The summed E-state index contributed by atoms with van der Waals surface area (Å²) in [4.78, 5) is 22.5. The number of hydrogen-bond acceptors (Lipinski definition) is 2. The lowest BCUT2D eigenvalue weighted by Gasteiger charge is -2.10. The van der Waals surface area contributed by atoms with Gasteiger partial charge in [-0.25, -0.2) is 0 Å². The van der Waals surface area contributed by atoms with E-state index in [0.29, 0.717) is 12.3 Å². The van der Waals surface area contributed by atoms with Gasteiger partial charge in [-0.3, -0.25) is 14.9 Å². The molecule has 2 rings (SSSR count). The SMILES string of the molecule is CCC1CCCC1=C1CC(=O)NC1=O. The van der Waals surface area contributed by atoms with E-state index in [1.165, 1.54) is 18.4 Å². The van der Waals surface area contributed by atoms with E-state index in [9.17, 15) is 9.59 Å². The maximum Gasteiger partial charge on any atom is 0.254 e. The average molecular weight is 193 g/mol. The molecule has 0 radical (unpaired) electrons. The Morgan fingerprint density at radius 3 is 2.79 bits per heavy atom. The highest BCUT2D eigenvalue weighted by Crippen LogP contribution is 2.37. The molecule has 2 amide bonds. The zero-order chi connectivity index (χ0) is 10.1. The van der Waals surface area contributed by atoms with Crippen LogP contribution >= 0.6 is 0 Å². The van der Waals surface area contributed by atoms with Gasteiger partial charge in [0.1, 0.15) is 0 Å². The molecule has 1 atom stereocenters. The zero-order valence-electron chi connectivity index (χ0n) is 8.43. The third-order valence-electron chi connectivity index (χ3n) is 3.24. The molecule has 1 aliphatic carbocycles. The van der Waals surface area contributed by atoms with Crippen molar-refractivity contribution < 1.29 is 9.59 Å². The van der Waals surface area contributed by atoms with Crippen LogP contribution in [0.25, 0.3) is 0 Å². The molecule has 0 spiro atoms. The highest BCUT2D eigenvalue weighted by Gasteiger charge is 2.31. The molecule has 1 N–H and O–H groups in total. The van der Waals surface area contributed by atoms with Crippen molar-refractivity contribution in [3.63, 3.8) is 0 Å². The van der Waals surface area contributed by atoms with Crippen LogP contribution < -0.4 is 5.32 Å². The van der Waals surface area contributed by atoms with Gasteiger partial charge in [0.15, 0.2) is 0 Å². The number of carbonyl (C=O) groups excluding carboxylic acids is 2. The number of imide groups is 1. The van der Waals surface area contributed by atoms with Crippen molar-refractivity contribution in [1.82, 2.24) is 5.32 Å². The van der Waals surface area contributed by atoms with Crippen LogP contribution in [0.5, 0.6) is 0 Å². The lowest BCUT2D eigenvalue weighted by molar-refractivity contribution is -0.124. The van der Waals surface area contributed by atoms with Gasteiger partial charge in [-0.1, -0.05) is 12.5 Å². The van der Waals surface area contributed by atoms with E-state index < -0.39 is 0 Å². The Morgan fingerprint density at radius 2 is 2.21 bits per heavy atom. The number of allylic oxidation sites excluding steroid dienone is 1. The molecule has 1 saturated carbocycles. The number of amides is 2. The average Bonchev–Trinajstić information content (AvgIpc) is 2.71. The van der Waals surface area contributed by atoms with Gasteiger partial charge in [0.05, 0.1) is 6.42 Å². The summed E-state index contributed by atoms with van der Waals surface area (Å²) >= 11 is 0. The summed E-state index contributed by atoms with van der Waals surface area (Å²) in [5, 5.41) is 2.35. The Hall–Kier alpha value is -1.12. The largest absolute Gasteiger partial charge is 0.292 e. The van der Waals surface area contributed by atoms with Crippen LogP contribution in [0.15, 0.2) is 11.1 Å². The highest BCUT2D eigenvalue weighted by molar-refractivity contribution is 6.13. The summed E-state index contributed by atoms with van der Waals surface area (Å²) in [7, 11) is 0. The van der Waals surface area contributed by atoms with Crippen molar-refractivity contribution >= 4 is 11.8 Å². The molecule has 76 valence electrons. The minimum atomic E-state index is -0.148. The van der Waals surface area contributed by atoms with E-state index in [1.54, 1.807) is 0 Å². The van der Waals surface area contributed by atoms with E-state index >= 15 is 0 Å². The molecule has 2 fully saturated rings. The number of carbonyl (C=O) groups is 2. The van der Waals surface area contributed by atoms with E-state index in [0.717, 1.165) is 18.4 Å². The summed E-state index contributed by atoms with van der Waals surface area (Å²) in [6.45, 7) is 2.14. The Labute approximate surface area is 83.6 Å². The Balaban J connectivity index is 2.30. The molecule has 1 heterocycles. The first kappa shape index (κ1) is 9.44. The molecular weight excluding hydrogens is 178 g/mol. The van der Waals surface area contributed by atoms with Gasteiger partial charge in [-0.05, 0) is 31.6 Å². The van der Waals surface area contributed by atoms with Gasteiger partial charge in [-0.2, -0.15) is 0 Å². The van der Waals surface area contributed by atoms with Crippen LogP contribution in [0, 0.1) is 5.92 Å². The summed E-state index contributed by atoms with van der Waals surface area (Å²) in [5.74, 6) is 0.256. The van der Waals surface area contributed by atoms with Gasteiger partial charge in [0, 0.05) is 5.57 Å². The summed E-state index contributed by atoms with van der Waals surface area (Å²) in [6.07, 6.45) is 4.75. The second kappa shape index (κ2) is 3.56. The number of nitrogens with one attached hydrogen (secondary N) is 1. The molecule has 1 saturated heterocycles. The Kier molecular flexibility index (Phi) is 2.40. The van der Waals surface area contributed by atoms with E-state index in [2.05, 4.69) is 12.2 Å². The van der Waals surface area contributed by atoms with Crippen LogP contribution in [0.4, 0.5) is 0 Å². The van der Waals surface area contributed by atoms with Gasteiger partial charge < -0.3 is 0 Å². The van der Waals surface area contributed by atoms with Crippen LogP contribution in [-0.4, -0.2) is 11.8 Å². The third kappa shape index (κ3) is 1.47. The highest BCUT2D eigenvalue weighted by atomic mass is 16.2. The quantitative estimate of drug-likeness (QED) is 0.507. The lowest BCUT2D eigenvalue weighted by Crippen LogP contribution is -2.20. The van der Waals surface area contributed by atoms with Crippen LogP contribution in [0.2, 0.25) is 0 Å². The van der Waals surface area contributed by atoms with Crippen molar-refractivity contribution in [2.24, 2.45) is 5.92 Å². The summed E-state index contributed by atoms with van der Waals surface area (Å²) < 4.78 is 0. The molecule has 0 bridgehead atoms. The first-order chi connectivity index (χ1) is 6.72. The monoisotopic (exact) mass is 193 g/mol. The van der Waals surface area contributed by atoms with Crippen molar-refractivity contribution in [2.75, 3.05) is 0 Å². The van der Waals surface area contributed by atoms with Gasteiger partial charge in [-0.15, -0.1) is 0 Å². The number of hydrogen-bond donors (Lipinski definition) is 1. The predicted octanol–water partition coefficient (Wildman–Crippen LogP) is 1.54. The molecule has 1 unspecified atom stereocenters. The predicted molar refractivity (Wildman–Crippen MR) is 52.4 cm³/mol. The second-order valence-electron chi connectivity index (χ2n) is 4.06. The summed E-state index contributed by atoms with van der Waals surface area (Å²) in [5.41, 5.74) is 2.01. The normalized spacial score (nSPS) is 32.5. The third-order valence-corrected chi connectivity index (χ3v) is 3.24. The van der Waals surface area contributed by atoms with Crippen LogP contribution in [0.1, 0.15) is 39.0 Å². The van der Waals surface area contributed by atoms with E-state index in [-0.39, 0.29) is 11.8 Å². The molecule has 14 heavy (non-hydrogen) atoms. The topological polar surface area (TPSA) is 46.2 Å². The molecule has 0 aromatic carbocycles. The zero-order valence-corrected chi connectivity index (χ0v) is 8.43. The Bertz CT molecular complexity index is 317. The minimum absolute atomic E-state index is 0.140. The van der Waals surface area contributed by atoms with Crippen LogP contribution in [-0.2, 0) is 9.59 Å². The first-order valence-corrected chi connectivity index (χ1v) is 5.28. The van der Waals surface area contributed by atoms with Crippen LogP contribution in [0.3, 0.4) is 0 Å². The van der Waals surface area contributed by atoms with Crippen molar-refractivity contribution in [3.8, 4) is 0 Å². The Morgan fingerprint density at radius 1 is 1.43 bits per heavy atom. The molecular formula is C11H15NO2. The molecule has 0 aromatic heterocycles. The number of rotatable bonds is 1. The van der Waals surface area contributed by atoms with Crippen molar-refractivity contribution in [3.05, 3.63) is 11.1 Å². The maximum absolute atomic E-state index is 11.4. The van der Waals surface area contributed by atoms with Gasteiger partial charge in [0.2, 0.25) is 5.91 Å². The smallest absolute Gasteiger partial charge is 0.254 e. The van der Waals surface area contributed by atoms with Gasteiger partial charge in [0.25, 0.3) is 5.91 Å². The standard InChI is InChI=1S/C11H15NO2/c1-2-7-4-3-5-8(7)9-6-10(13)12-11(9)14/h7H,2-6H2,1H3,(H,12,13,14). The molecule has 1 aliphatic heterocycles. The maximum atomic E-state index is 11.4. The minimum Gasteiger partial charge on any atom is -0.292 e. The fourth-order valence-corrected chi connectivity index (χ4v) is 2.51. The summed E-state index contributed by atoms with van der Waals surface area (Å²) in [6, 6.07) is 0. The van der Waals surface area contributed by atoms with E-state index in [4.69, 9.17) is 0 Å². The lowest BCUT2D eigenvalue weighted by atomic mass is 9.94. The molecule has 3 heteroatoms. The first-order valence-electron chi connectivity index (χ1n) is 5.28. The fourth-order valence-electron chi connectivity index (χ4n) is 2.51. The second-order valence-corrected chi connectivity index (χ2v) is 4.06. The molecule has 3 nitrogen and oxygen atoms in total. The van der Waals surface area contributed by atoms with Crippen molar-refractivity contribution in [2.45, 2.75) is 39.0 Å². The molecule has 2 aliphatic rings. The van der Waals surface area contributed by atoms with Crippen molar-refractivity contribution in [1.29, 1.82) is 0 Å². The fraction of sp³-hybridized carbons (Fsp3) is 0.636. The molecule has 0 aromatic rings. The van der Waals surface area contributed by atoms with Gasteiger partial charge >= 0.3 is 0 Å². The van der Waals surface area contributed by atoms with E-state index in [1.807, 2.05) is 0 Å².